The molecule has 0 unspecified atom stereocenters. The lowest BCUT2D eigenvalue weighted by molar-refractivity contribution is 0.102. The van der Waals surface area contributed by atoms with E-state index in [-0.39, 0.29) is 5.91 Å². The summed E-state index contributed by atoms with van der Waals surface area (Å²) in [6.07, 6.45) is 6.31. The van der Waals surface area contributed by atoms with E-state index in [0.29, 0.717) is 11.3 Å². The van der Waals surface area contributed by atoms with Gasteiger partial charge in [0.05, 0.1) is 23.8 Å². The highest BCUT2D eigenvalue weighted by Crippen LogP contribution is 2.17. The number of rotatable bonds is 4. The topological polar surface area (TPSA) is 90.5 Å². The van der Waals surface area contributed by atoms with Crippen LogP contribution in [0.3, 0.4) is 0 Å². The monoisotopic (exact) mass is 345 g/mol. The Morgan fingerprint density at radius 2 is 1.69 bits per heavy atom. The number of amides is 1. The molecule has 0 saturated heterocycles. The fourth-order valence-corrected chi connectivity index (χ4v) is 2.61. The van der Waals surface area contributed by atoms with Crippen LogP contribution >= 0.6 is 0 Å². The molecule has 0 spiro atoms. The number of carbonyl (C=O) groups is 1. The first-order valence-corrected chi connectivity index (χ1v) is 7.94. The van der Waals surface area contributed by atoms with Crippen LogP contribution in [0.25, 0.3) is 11.4 Å². The number of hydrogen-bond donors (Lipinski definition) is 1. The molecule has 128 valence electrons. The van der Waals surface area contributed by atoms with Crippen LogP contribution in [0.15, 0.2) is 67.5 Å². The first-order valence-electron chi connectivity index (χ1n) is 7.94. The Bertz CT molecular complexity index is 1020. The third kappa shape index (κ3) is 3.07. The maximum atomic E-state index is 12.6. The lowest BCUT2D eigenvalue weighted by Crippen LogP contribution is -2.14. The number of aromatic nitrogens is 6. The van der Waals surface area contributed by atoms with Gasteiger partial charge in [-0.3, -0.25) is 4.79 Å². The summed E-state index contributed by atoms with van der Waals surface area (Å²) in [6.45, 7) is 1.89. The average molecular weight is 345 g/mol. The Kier molecular flexibility index (Phi) is 3.98. The van der Waals surface area contributed by atoms with Gasteiger partial charge >= 0.3 is 0 Å². The lowest BCUT2D eigenvalue weighted by atomic mass is 10.1. The number of nitrogens with zero attached hydrogens (tertiary/aromatic N) is 6. The molecule has 26 heavy (non-hydrogen) atoms. The van der Waals surface area contributed by atoms with E-state index in [4.69, 9.17) is 0 Å². The van der Waals surface area contributed by atoms with Gasteiger partial charge in [0.25, 0.3) is 5.91 Å². The van der Waals surface area contributed by atoms with Gasteiger partial charge in [0, 0.05) is 11.3 Å². The normalized spacial score (nSPS) is 10.7. The largest absolute Gasteiger partial charge is 0.322 e. The molecule has 2 aromatic heterocycles. The van der Waals surface area contributed by atoms with Crippen molar-refractivity contribution in [2.45, 2.75) is 6.92 Å². The maximum Gasteiger partial charge on any atom is 0.255 e. The Morgan fingerprint density at radius 3 is 2.35 bits per heavy atom. The standard InChI is InChI=1S/C18H15N7O/c1-13-10-16(24-12-19-11-22-24)6-7-17(13)18(26)23-14-2-4-15(5-3-14)25-20-8-9-21-25/h2-12H,1H3,(H,23,26). The molecule has 0 aliphatic rings. The predicted molar refractivity (Wildman–Crippen MR) is 95.4 cm³/mol. The summed E-state index contributed by atoms with van der Waals surface area (Å²) >= 11 is 0. The predicted octanol–water partition coefficient (Wildman–Crippen LogP) is 2.41. The lowest BCUT2D eigenvalue weighted by Gasteiger charge is -2.10. The van der Waals surface area contributed by atoms with E-state index in [1.807, 2.05) is 43.3 Å². The van der Waals surface area contributed by atoms with E-state index in [0.717, 1.165) is 16.9 Å². The van der Waals surface area contributed by atoms with Gasteiger partial charge in [-0.25, -0.2) is 9.67 Å². The number of hydrogen-bond acceptors (Lipinski definition) is 5. The van der Waals surface area contributed by atoms with E-state index in [9.17, 15) is 4.79 Å². The Morgan fingerprint density at radius 1 is 0.962 bits per heavy atom. The van der Waals surface area contributed by atoms with Gasteiger partial charge in [0.15, 0.2) is 0 Å². The molecule has 1 N–H and O–H groups in total. The molecule has 8 nitrogen and oxygen atoms in total. The molecule has 4 rings (SSSR count). The van der Waals surface area contributed by atoms with Crippen LogP contribution in [0.5, 0.6) is 0 Å². The highest BCUT2D eigenvalue weighted by atomic mass is 16.1. The van der Waals surface area contributed by atoms with Crippen LogP contribution in [-0.2, 0) is 0 Å². The molecule has 0 aliphatic carbocycles. The van der Waals surface area contributed by atoms with E-state index < -0.39 is 0 Å². The second-order valence-electron chi connectivity index (χ2n) is 5.66. The van der Waals surface area contributed by atoms with E-state index >= 15 is 0 Å². The van der Waals surface area contributed by atoms with Gasteiger partial charge in [-0.2, -0.15) is 20.1 Å². The maximum absolute atomic E-state index is 12.6. The van der Waals surface area contributed by atoms with Gasteiger partial charge in [-0.05, 0) is 55.0 Å². The van der Waals surface area contributed by atoms with Crippen molar-refractivity contribution in [3.05, 3.63) is 78.6 Å². The molecular weight excluding hydrogens is 330 g/mol. The number of aryl methyl sites for hydroxylation is 1. The highest BCUT2D eigenvalue weighted by molar-refractivity contribution is 6.05. The SMILES string of the molecule is Cc1cc(-n2cncn2)ccc1C(=O)Nc1ccc(-n2nccn2)cc1. The van der Waals surface area contributed by atoms with Gasteiger partial charge in [-0.15, -0.1) is 0 Å². The number of carbonyl (C=O) groups excluding carboxylic acids is 1. The zero-order valence-corrected chi connectivity index (χ0v) is 13.9. The summed E-state index contributed by atoms with van der Waals surface area (Å²) in [5.74, 6) is -0.169. The minimum absolute atomic E-state index is 0.169. The zero-order valence-electron chi connectivity index (χ0n) is 13.9. The summed E-state index contributed by atoms with van der Waals surface area (Å²) in [7, 11) is 0. The van der Waals surface area contributed by atoms with E-state index in [2.05, 4.69) is 25.6 Å². The van der Waals surface area contributed by atoms with Crippen molar-refractivity contribution in [3.63, 3.8) is 0 Å². The molecule has 8 heteroatoms. The van der Waals surface area contributed by atoms with Crippen molar-refractivity contribution in [1.82, 2.24) is 29.8 Å². The smallest absolute Gasteiger partial charge is 0.255 e. The fourth-order valence-electron chi connectivity index (χ4n) is 2.61. The molecule has 0 aliphatic heterocycles. The van der Waals surface area contributed by atoms with E-state index in [1.165, 1.54) is 11.1 Å². The quantitative estimate of drug-likeness (QED) is 0.613. The Hall–Kier alpha value is -3.81. The minimum Gasteiger partial charge on any atom is -0.322 e. The molecule has 2 heterocycles. The fraction of sp³-hybridized carbons (Fsp3) is 0.0556. The third-order valence-corrected chi connectivity index (χ3v) is 3.91. The first kappa shape index (κ1) is 15.7. The van der Waals surface area contributed by atoms with Gasteiger partial charge in [-0.1, -0.05) is 0 Å². The van der Waals surface area contributed by atoms with Crippen molar-refractivity contribution in [3.8, 4) is 11.4 Å². The second-order valence-corrected chi connectivity index (χ2v) is 5.66. The average Bonchev–Trinajstić information content (AvgIpc) is 3.36. The molecule has 1 amide bonds. The van der Waals surface area contributed by atoms with Crippen molar-refractivity contribution < 1.29 is 4.79 Å². The molecular formula is C18H15N7O. The van der Waals surface area contributed by atoms with Crippen LogP contribution in [0.2, 0.25) is 0 Å². The molecule has 0 bridgehead atoms. The summed E-state index contributed by atoms with van der Waals surface area (Å²) < 4.78 is 1.65. The third-order valence-electron chi connectivity index (χ3n) is 3.91. The molecule has 0 radical (unpaired) electrons. The number of nitrogens with one attached hydrogen (secondary N) is 1. The minimum atomic E-state index is -0.169. The molecule has 2 aromatic carbocycles. The summed E-state index contributed by atoms with van der Waals surface area (Å²) in [4.78, 5) is 18.0. The van der Waals surface area contributed by atoms with Crippen LogP contribution in [0, 0.1) is 6.92 Å². The van der Waals surface area contributed by atoms with Crippen molar-refractivity contribution in [2.75, 3.05) is 5.32 Å². The van der Waals surface area contributed by atoms with Crippen molar-refractivity contribution in [2.24, 2.45) is 0 Å². The summed E-state index contributed by atoms with van der Waals surface area (Å²) in [5.41, 5.74) is 3.83. The van der Waals surface area contributed by atoms with Crippen LogP contribution in [-0.4, -0.2) is 35.7 Å². The van der Waals surface area contributed by atoms with Crippen LogP contribution < -0.4 is 5.32 Å². The Balaban J connectivity index is 1.51. The van der Waals surface area contributed by atoms with Crippen LogP contribution in [0.1, 0.15) is 15.9 Å². The zero-order chi connectivity index (χ0) is 17.9. The van der Waals surface area contributed by atoms with Gasteiger partial charge in [0.2, 0.25) is 0 Å². The summed E-state index contributed by atoms with van der Waals surface area (Å²) in [6, 6.07) is 12.8. The van der Waals surface area contributed by atoms with Crippen molar-refractivity contribution in [1.29, 1.82) is 0 Å². The highest BCUT2D eigenvalue weighted by Gasteiger charge is 2.11. The Labute approximate surface area is 149 Å². The molecule has 0 atom stereocenters. The first-order chi connectivity index (χ1) is 12.7. The van der Waals surface area contributed by atoms with Crippen molar-refractivity contribution >= 4 is 11.6 Å². The molecule has 0 fully saturated rings. The van der Waals surface area contributed by atoms with Gasteiger partial charge in [0.1, 0.15) is 12.7 Å². The number of benzene rings is 2. The molecule has 4 aromatic rings. The van der Waals surface area contributed by atoms with E-state index in [1.54, 1.807) is 29.5 Å². The molecule has 0 saturated carbocycles. The van der Waals surface area contributed by atoms with Crippen LogP contribution in [0.4, 0.5) is 5.69 Å². The van der Waals surface area contributed by atoms with Gasteiger partial charge < -0.3 is 5.32 Å². The number of anilines is 1. The second kappa shape index (κ2) is 6.60. The summed E-state index contributed by atoms with van der Waals surface area (Å²) in [5, 5.41) is 15.1.